The summed E-state index contributed by atoms with van der Waals surface area (Å²) >= 11 is 0. The van der Waals surface area contributed by atoms with E-state index < -0.39 is 57.8 Å². The predicted molar refractivity (Wildman–Crippen MR) is 99.5 cm³/mol. The van der Waals surface area contributed by atoms with Crippen molar-refractivity contribution in [3.63, 3.8) is 0 Å². The fraction of sp³-hybridized carbons (Fsp3) is 0.190. The van der Waals surface area contributed by atoms with Crippen molar-refractivity contribution < 1.29 is 40.7 Å². The molecule has 0 atom stereocenters. The number of rotatable bonds is 4. The summed E-state index contributed by atoms with van der Waals surface area (Å²) in [5, 5.41) is 9.43. The van der Waals surface area contributed by atoms with E-state index in [1.54, 1.807) is 0 Å². The maximum atomic E-state index is 13.5. The molecule has 0 aliphatic heterocycles. The smallest absolute Gasteiger partial charge is 0.417 e. The van der Waals surface area contributed by atoms with Crippen LogP contribution in [-0.4, -0.2) is 30.9 Å². The van der Waals surface area contributed by atoms with Crippen LogP contribution in [0.4, 0.5) is 26.3 Å². The van der Waals surface area contributed by atoms with E-state index in [4.69, 9.17) is 4.74 Å². The first-order chi connectivity index (χ1) is 14.8. The van der Waals surface area contributed by atoms with Gasteiger partial charge in [0, 0.05) is 19.7 Å². The number of benzene rings is 2. The van der Waals surface area contributed by atoms with Gasteiger partial charge in [-0.25, -0.2) is 4.79 Å². The predicted octanol–water partition coefficient (Wildman–Crippen LogP) is 4.90. The first kappa shape index (κ1) is 24.5. The van der Waals surface area contributed by atoms with Gasteiger partial charge in [0.1, 0.15) is 6.07 Å². The molecule has 2 aromatic rings. The van der Waals surface area contributed by atoms with Crippen molar-refractivity contribution in [1.29, 1.82) is 5.26 Å². The van der Waals surface area contributed by atoms with Crippen LogP contribution in [-0.2, 0) is 21.9 Å². The minimum atomic E-state index is -4.99. The molecule has 1 amide bonds. The fourth-order valence-electron chi connectivity index (χ4n) is 2.64. The SMILES string of the molecule is CN(C)C(=O)C(C#N)=C(OC(=O)c1ccccc1C(F)(F)F)c1ccccc1C(F)(F)F. The molecule has 168 valence electrons. The Morgan fingerprint density at radius 2 is 1.28 bits per heavy atom. The van der Waals surface area contributed by atoms with E-state index in [0.717, 1.165) is 41.3 Å². The average molecular weight is 456 g/mol. The molecule has 0 aromatic heterocycles. The number of esters is 1. The van der Waals surface area contributed by atoms with Gasteiger partial charge in [0.2, 0.25) is 0 Å². The Hall–Kier alpha value is -3.81. The van der Waals surface area contributed by atoms with Crippen LogP contribution in [0, 0.1) is 11.3 Å². The molecule has 0 saturated heterocycles. The Morgan fingerprint density at radius 3 is 1.72 bits per heavy atom. The number of alkyl halides is 6. The number of hydrogen-bond acceptors (Lipinski definition) is 4. The molecule has 0 N–H and O–H groups in total. The molecule has 0 fully saturated rings. The zero-order chi connectivity index (χ0) is 24.3. The van der Waals surface area contributed by atoms with Crippen molar-refractivity contribution in [3.05, 3.63) is 76.4 Å². The molecule has 0 aliphatic rings. The van der Waals surface area contributed by atoms with Crippen LogP contribution < -0.4 is 0 Å². The lowest BCUT2D eigenvalue weighted by atomic mass is 10.0. The molecule has 2 aromatic carbocycles. The minimum absolute atomic E-state index is 0.583. The fourth-order valence-corrected chi connectivity index (χ4v) is 2.64. The zero-order valence-corrected chi connectivity index (χ0v) is 16.5. The molecular formula is C21H14F6N2O3. The normalized spacial score (nSPS) is 12.5. The summed E-state index contributed by atoms with van der Waals surface area (Å²) in [6, 6.07) is 8.42. The molecule has 0 saturated carbocycles. The van der Waals surface area contributed by atoms with Crippen LogP contribution in [0.2, 0.25) is 0 Å². The van der Waals surface area contributed by atoms with Crippen molar-refractivity contribution >= 4 is 17.6 Å². The van der Waals surface area contributed by atoms with Crippen LogP contribution >= 0.6 is 0 Å². The van der Waals surface area contributed by atoms with Gasteiger partial charge in [-0.3, -0.25) is 4.79 Å². The van der Waals surface area contributed by atoms with Gasteiger partial charge < -0.3 is 9.64 Å². The van der Waals surface area contributed by atoms with Crippen LogP contribution in [0.1, 0.15) is 27.0 Å². The second-order valence-corrected chi connectivity index (χ2v) is 6.49. The largest absolute Gasteiger partial charge is 0.421 e. The highest BCUT2D eigenvalue weighted by molar-refractivity contribution is 6.06. The van der Waals surface area contributed by atoms with Crippen LogP contribution in [0.15, 0.2) is 54.1 Å². The number of carbonyl (C=O) groups is 2. The van der Waals surface area contributed by atoms with Gasteiger partial charge in [-0.05, 0) is 18.2 Å². The Bertz CT molecular complexity index is 1110. The number of amides is 1. The Balaban J connectivity index is 2.76. The van der Waals surface area contributed by atoms with E-state index in [2.05, 4.69) is 0 Å². The lowest BCUT2D eigenvalue weighted by Crippen LogP contribution is -2.25. The van der Waals surface area contributed by atoms with E-state index in [9.17, 15) is 41.2 Å². The van der Waals surface area contributed by atoms with Crippen LogP contribution in [0.5, 0.6) is 0 Å². The third-order valence-electron chi connectivity index (χ3n) is 4.08. The second-order valence-electron chi connectivity index (χ2n) is 6.49. The third kappa shape index (κ3) is 5.26. The lowest BCUT2D eigenvalue weighted by Gasteiger charge is -2.19. The van der Waals surface area contributed by atoms with Gasteiger partial charge >= 0.3 is 18.3 Å². The number of hydrogen-bond donors (Lipinski definition) is 0. The summed E-state index contributed by atoms with van der Waals surface area (Å²) in [6.45, 7) is 0. The second kappa shape index (κ2) is 9.13. The Labute approximate surface area is 178 Å². The lowest BCUT2D eigenvalue weighted by molar-refractivity contribution is -0.138. The molecule has 32 heavy (non-hydrogen) atoms. The standard InChI is InChI=1S/C21H14F6N2O3/c1-29(2)18(30)14(11-28)17(12-7-3-5-9-15(12)20(22,23)24)32-19(31)13-8-4-6-10-16(13)21(25,26)27/h3-10H,1-2H3. The third-order valence-corrected chi connectivity index (χ3v) is 4.08. The zero-order valence-electron chi connectivity index (χ0n) is 16.5. The topological polar surface area (TPSA) is 70.4 Å². The van der Waals surface area contributed by atoms with Gasteiger partial charge in [-0.1, -0.05) is 30.3 Å². The highest BCUT2D eigenvalue weighted by Gasteiger charge is 2.38. The van der Waals surface area contributed by atoms with E-state index in [1.165, 1.54) is 20.2 Å². The highest BCUT2D eigenvalue weighted by Crippen LogP contribution is 2.38. The summed E-state index contributed by atoms with van der Waals surface area (Å²) in [6.07, 6.45) is -9.96. The number of halogens is 6. The van der Waals surface area contributed by atoms with Gasteiger partial charge in [0.05, 0.1) is 16.7 Å². The van der Waals surface area contributed by atoms with E-state index in [0.29, 0.717) is 12.1 Å². The summed E-state index contributed by atoms with van der Waals surface area (Å²) in [5.41, 5.74) is -5.61. The molecule has 2 rings (SSSR count). The van der Waals surface area contributed by atoms with E-state index in [-0.39, 0.29) is 0 Å². The molecule has 11 heteroatoms. The van der Waals surface area contributed by atoms with Gasteiger partial charge in [-0.2, -0.15) is 31.6 Å². The molecule has 0 spiro atoms. The molecule has 0 bridgehead atoms. The number of carbonyl (C=O) groups excluding carboxylic acids is 2. The average Bonchev–Trinajstić information content (AvgIpc) is 2.72. The molecular weight excluding hydrogens is 442 g/mol. The van der Waals surface area contributed by atoms with Crippen molar-refractivity contribution in [2.75, 3.05) is 14.1 Å². The van der Waals surface area contributed by atoms with Crippen molar-refractivity contribution in [2.24, 2.45) is 0 Å². The first-order valence-electron chi connectivity index (χ1n) is 8.70. The number of nitrogens with zero attached hydrogens (tertiary/aromatic N) is 2. The van der Waals surface area contributed by atoms with Crippen LogP contribution in [0.3, 0.4) is 0 Å². The first-order valence-corrected chi connectivity index (χ1v) is 8.70. The minimum Gasteiger partial charge on any atom is -0.421 e. The molecule has 5 nitrogen and oxygen atoms in total. The monoisotopic (exact) mass is 456 g/mol. The number of nitriles is 1. The van der Waals surface area contributed by atoms with Crippen molar-refractivity contribution in [1.82, 2.24) is 4.90 Å². The molecule has 0 aliphatic carbocycles. The summed E-state index contributed by atoms with van der Waals surface area (Å²) in [4.78, 5) is 25.8. The molecule has 0 unspecified atom stereocenters. The van der Waals surface area contributed by atoms with Crippen molar-refractivity contribution in [2.45, 2.75) is 12.4 Å². The summed E-state index contributed by atoms with van der Waals surface area (Å²) in [5.74, 6) is -3.92. The Kier molecular flexibility index (Phi) is 6.98. The maximum Gasteiger partial charge on any atom is 0.417 e. The van der Waals surface area contributed by atoms with Crippen molar-refractivity contribution in [3.8, 4) is 6.07 Å². The molecule has 0 heterocycles. The Morgan fingerprint density at radius 1 is 0.844 bits per heavy atom. The maximum absolute atomic E-state index is 13.5. The summed E-state index contributed by atoms with van der Waals surface area (Å²) < 4.78 is 85.3. The van der Waals surface area contributed by atoms with Crippen LogP contribution in [0.25, 0.3) is 5.76 Å². The van der Waals surface area contributed by atoms with Gasteiger partial charge in [0.15, 0.2) is 11.3 Å². The summed E-state index contributed by atoms with van der Waals surface area (Å²) in [7, 11) is 2.38. The van der Waals surface area contributed by atoms with Gasteiger partial charge in [-0.15, -0.1) is 0 Å². The highest BCUT2D eigenvalue weighted by atomic mass is 19.4. The molecule has 0 radical (unpaired) electrons. The van der Waals surface area contributed by atoms with Gasteiger partial charge in [0.25, 0.3) is 5.91 Å². The number of ether oxygens (including phenoxy) is 1. The number of likely N-dealkylation sites (N-methyl/N-ethyl adjacent to an activating group) is 1. The van der Waals surface area contributed by atoms with E-state index >= 15 is 0 Å². The van der Waals surface area contributed by atoms with E-state index in [1.807, 2.05) is 0 Å². The quantitative estimate of drug-likeness (QED) is 0.216.